The molecule has 0 aromatic heterocycles. The molecule has 1 aliphatic carbocycles. The Kier molecular flexibility index (Phi) is 6.97. The number of benzene rings is 2. The summed E-state index contributed by atoms with van der Waals surface area (Å²) in [6.45, 7) is 0.342. The molecule has 2 aromatic rings. The van der Waals surface area contributed by atoms with Crippen LogP contribution >= 0.6 is 24.0 Å². The first kappa shape index (κ1) is 19.4. The van der Waals surface area contributed by atoms with Crippen LogP contribution in [0.2, 0.25) is 5.02 Å². The SMILES string of the molecule is Cl.Nc1ccc2c(c1)CCCC2NC(=O)CCOc1ccc(Cl)cc1. The number of ether oxygens (including phenoxy) is 1. The molecule has 2 aromatic carbocycles. The normalized spacial score (nSPS) is 15.6. The minimum absolute atomic E-state index is 0. The van der Waals surface area contributed by atoms with Gasteiger partial charge in [0.2, 0.25) is 5.91 Å². The summed E-state index contributed by atoms with van der Waals surface area (Å²) >= 11 is 5.83. The van der Waals surface area contributed by atoms with E-state index in [1.54, 1.807) is 24.3 Å². The number of anilines is 1. The lowest BCUT2D eigenvalue weighted by molar-refractivity contribution is -0.122. The van der Waals surface area contributed by atoms with E-state index in [0.29, 0.717) is 23.8 Å². The number of rotatable bonds is 5. The number of amides is 1. The molecule has 4 nitrogen and oxygen atoms in total. The highest BCUT2D eigenvalue weighted by molar-refractivity contribution is 6.30. The summed E-state index contributed by atoms with van der Waals surface area (Å²) in [7, 11) is 0. The van der Waals surface area contributed by atoms with Crippen LogP contribution < -0.4 is 15.8 Å². The lowest BCUT2D eigenvalue weighted by atomic mass is 9.87. The van der Waals surface area contributed by atoms with E-state index in [9.17, 15) is 4.79 Å². The van der Waals surface area contributed by atoms with Crippen LogP contribution in [0, 0.1) is 0 Å². The summed E-state index contributed by atoms with van der Waals surface area (Å²) in [6.07, 6.45) is 3.36. The molecule has 1 amide bonds. The van der Waals surface area contributed by atoms with Crippen LogP contribution in [0.25, 0.3) is 0 Å². The largest absolute Gasteiger partial charge is 0.493 e. The Bertz CT molecular complexity index is 720. The molecule has 3 rings (SSSR count). The van der Waals surface area contributed by atoms with Gasteiger partial charge >= 0.3 is 0 Å². The molecular formula is C19H22Cl2N2O2. The second kappa shape index (κ2) is 8.97. The number of nitrogens with one attached hydrogen (secondary N) is 1. The molecule has 1 aliphatic rings. The van der Waals surface area contributed by atoms with Crippen molar-refractivity contribution in [1.29, 1.82) is 0 Å². The number of nitrogen functional groups attached to an aromatic ring is 1. The number of aryl methyl sites for hydroxylation is 1. The van der Waals surface area contributed by atoms with Gasteiger partial charge in [0.25, 0.3) is 0 Å². The minimum atomic E-state index is -0.00126. The molecular weight excluding hydrogens is 359 g/mol. The third-order valence-corrected chi connectivity index (χ3v) is 4.48. The van der Waals surface area contributed by atoms with Gasteiger partial charge in [0.15, 0.2) is 0 Å². The Morgan fingerprint density at radius 1 is 1.24 bits per heavy atom. The zero-order valence-electron chi connectivity index (χ0n) is 13.8. The zero-order valence-corrected chi connectivity index (χ0v) is 15.4. The van der Waals surface area contributed by atoms with Gasteiger partial charge in [0.1, 0.15) is 5.75 Å². The molecule has 0 heterocycles. The fourth-order valence-corrected chi connectivity index (χ4v) is 3.17. The van der Waals surface area contributed by atoms with Crippen molar-refractivity contribution < 1.29 is 9.53 Å². The predicted molar refractivity (Wildman–Crippen MR) is 103 cm³/mol. The smallest absolute Gasteiger partial charge is 0.223 e. The number of carbonyl (C=O) groups is 1. The van der Waals surface area contributed by atoms with Gasteiger partial charge in [-0.05, 0) is 66.8 Å². The van der Waals surface area contributed by atoms with E-state index in [2.05, 4.69) is 5.32 Å². The van der Waals surface area contributed by atoms with Crippen LogP contribution in [0.5, 0.6) is 5.75 Å². The second-order valence-corrected chi connectivity index (χ2v) is 6.46. The van der Waals surface area contributed by atoms with E-state index >= 15 is 0 Å². The molecule has 0 spiro atoms. The van der Waals surface area contributed by atoms with Crippen molar-refractivity contribution in [3.05, 3.63) is 58.6 Å². The first-order valence-electron chi connectivity index (χ1n) is 8.18. The number of nitrogens with two attached hydrogens (primary N) is 1. The Hall–Kier alpha value is -1.91. The van der Waals surface area contributed by atoms with E-state index in [1.165, 1.54) is 11.1 Å². The number of halogens is 2. The molecule has 0 bridgehead atoms. The Labute approximate surface area is 159 Å². The topological polar surface area (TPSA) is 64.3 Å². The van der Waals surface area contributed by atoms with E-state index in [0.717, 1.165) is 24.9 Å². The summed E-state index contributed by atoms with van der Waals surface area (Å²) in [5, 5.41) is 3.77. The number of carbonyl (C=O) groups excluding carboxylic acids is 1. The molecule has 6 heteroatoms. The summed E-state index contributed by atoms with van der Waals surface area (Å²) in [5.41, 5.74) is 9.04. The lowest BCUT2D eigenvalue weighted by Gasteiger charge is -2.26. The lowest BCUT2D eigenvalue weighted by Crippen LogP contribution is -2.31. The van der Waals surface area contributed by atoms with Gasteiger partial charge < -0.3 is 15.8 Å². The standard InChI is InChI=1S/C19H21ClN2O2.ClH/c20-14-4-7-16(8-5-14)24-11-10-19(23)22-18-3-1-2-13-12-15(21)6-9-17(13)18;/h4-9,12,18H,1-3,10-11,21H2,(H,22,23);1H. The summed E-state index contributed by atoms with van der Waals surface area (Å²) in [4.78, 5) is 12.2. The molecule has 0 saturated heterocycles. The maximum absolute atomic E-state index is 12.2. The van der Waals surface area contributed by atoms with Gasteiger partial charge in [-0.1, -0.05) is 17.7 Å². The summed E-state index contributed by atoms with van der Waals surface area (Å²) < 4.78 is 5.57. The maximum Gasteiger partial charge on any atom is 0.223 e. The van der Waals surface area contributed by atoms with Crippen molar-refractivity contribution in [2.75, 3.05) is 12.3 Å². The van der Waals surface area contributed by atoms with Gasteiger partial charge in [0.05, 0.1) is 19.1 Å². The van der Waals surface area contributed by atoms with E-state index in [4.69, 9.17) is 22.1 Å². The Morgan fingerprint density at radius 2 is 2.00 bits per heavy atom. The fourth-order valence-electron chi connectivity index (χ4n) is 3.04. The molecule has 3 N–H and O–H groups in total. The third-order valence-electron chi connectivity index (χ3n) is 4.23. The molecule has 0 fully saturated rings. The zero-order chi connectivity index (χ0) is 16.9. The molecule has 0 radical (unpaired) electrons. The first-order valence-corrected chi connectivity index (χ1v) is 8.55. The summed E-state index contributed by atoms with van der Waals surface area (Å²) in [5.74, 6) is 0.712. The first-order chi connectivity index (χ1) is 11.6. The summed E-state index contributed by atoms with van der Waals surface area (Å²) in [6, 6.07) is 13.1. The quantitative estimate of drug-likeness (QED) is 0.759. The van der Waals surface area contributed by atoms with E-state index in [-0.39, 0.29) is 24.4 Å². The van der Waals surface area contributed by atoms with Crippen LogP contribution in [0.15, 0.2) is 42.5 Å². The highest BCUT2D eigenvalue weighted by atomic mass is 35.5. The number of hydrogen-bond donors (Lipinski definition) is 2. The van der Waals surface area contributed by atoms with E-state index in [1.807, 2.05) is 18.2 Å². The predicted octanol–water partition coefficient (Wildman–Crippen LogP) is 4.31. The average molecular weight is 381 g/mol. The van der Waals surface area contributed by atoms with Crippen molar-refractivity contribution >= 4 is 35.6 Å². The van der Waals surface area contributed by atoms with Crippen LogP contribution in [0.4, 0.5) is 5.69 Å². The fraction of sp³-hybridized carbons (Fsp3) is 0.316. The van der Waals surface area contributed by atoms with Gasteiger partial charge in [-0.25, -0.2) is 0 Å². The van der Waals surface area contributed by atoms with Crippen LogP contribution in [-0.2, 0) is 11.2 Å². The third kappa shape index (κ3) is 5.28. The van der Waals surface area contributed by atoms with Crippen LogP contribution in [0.1, 0.15) is 36.4 Å². The minimum Gasteiger partial charge on any atom is -0.493 e. The molecule has 0 saturated carbocycles. The van der Waals surface area contributed by atoms with Crippen molar-refractivity contribution in [2.24, 2.45) is 0 Å². The monoisotopic (exact) mass is 380 g/mol. The molecule has 1 atom stereocenters. The van der Waals surface area contributed by atoms with Gasteiger partial charge in [-0.3, -0.25) is 4.79 Å². The van der Waals surface area contributed by atoms with Crippen LogP contribution in [-0.4, -0.2) is 12.5 Å². The van der Waals surface area contributed by atoms with Gasteiger partial charge in [-0.15, -0.1) is 12.4 Å². The molecule has 134 valence electrons. The number of hydrogen-bond acceptors (Lipinski definition) is 3. The van der Waals surface area contributed by atoms with Crippen molar-refractivity contribution in [1.82, 2.24) is 5.32 Å². The maximum atomic E-state index is 12.2. The molecule has 25 heavy (non-hydrogen) atoms. The van der Waals surface area contributed by atoms with Crippen molar-refractivity contribution in [3.63, 3.8) is 0 Å². The average Bonchev–Trinajstić information content (AvgIpc) is 2.56. The second-order valence-electron chi connectivity index (χ2n) is 6.02. The molecule has 1 unspecified atom stereocenters. The van der Waals surface area contributed by atoms with Crippen molar-refractivity contribution in [2.45, 2.75) is 31.7 Å². The Morgan fingerprint density at radius 3 is 2.76 bits per heavy atom. The number of fused-ring (bicyclic) bond motifs is 1. The molecule has 0 aliphatic heterocycles. The van der Waals surface area contributed by atoms with Crippen LogP contribution in [0.3, 0.4) is 0 Å². The highest BCUT2D eigenvalue weighted by Gasteiger charge is 2.21. The van der Waals surface area contributed by atoms with Crippen molar-refractivity contribution in [3.8, 4) is 5.75 Å². The van der Waals surface area contributed by atoms with E-state index < -0.39 is 0 Å². The highest BCUT2D eigenvalue weighted by Crippen LogP contribution is 2.31. The van der Waals surface area contributed by atoms with Gasteiger partial charge in [-0.2, -0.15) is 0 Å². The van der Waals surface area contributed by atoms with Gasteiger partial charge in [0, 0.05) is 10.7 Å². The Balaban J connectivity index is 0.00000225.